The molecule has 0 saturated carbocycles. The van der Waals surface area contributed by atoms with Gasteiger partial charge in [-0.3, -0.25) is 4.79 Å². The van der Waals surface area contributed by atoms with E-state index in [1.54, 1.807) is 17.8 Å². The predicted molar refractivity (Wildman–Crippen MR) is 69.7 cm³/mol. The molecule has 1 atom stereocenters. The molecule has 5 nitrogen and oxygen atoms in total. The minimum absolute atomic E-state index is 0.595. The Kier molecular flexibility index (Phi) is 3.88. The second kappa shape index (κ2) is 5.41. The average Bonchev–Trinajstić information content (AvgIpc) is 2.37. The quantitative estimate of drug-likeness (QED) is 0.712. The van der Waals surface area contributed by atoms with Crippen LogP contribution in [0.2, 0.25) is 0 Å². The lowest BCUT2D eigenvalue weighted by Crippen LogP contribution is -2.42. The monoisotopic (exact) mass is 266 g/mol. The van der Waals surface area contributed by atoms with Crippen molar-refractivity contribution in [3.8, 4) is 0 Å². The van der Waals surface area contributed by atoms with E-state index >= 15 is 0 Å². The van der Waals surface area contributed by atoms with E-state index in [0.717, 1.165) is 18.6 Å². The van der Waals surface area contributed by atoms with Crippen molar-refractivity contribution in [2.45, 2.75) is 23.8 Å². The maximum absolute atomic E-state index is 11.5. The van der Waals surface area contributed by atoms with Gasteiger partial charge in [-0.05, 0) is 42.4 Å². The Bertz CT molecular complexity index is 490. The highest BCUT2D eigenvalue weighted by Gasteiger charge is 2.21. The number of aliphatic carboxylic acids is 1. The van der Waals surface area contributed by atoms with E-state index < -0.39 is 17.9 Å². The molecule has 96 valence electrons. The van der Waals surface area contributed by atoms with Crippen molar-refractivity contribution in [2.75, 3.05) is 11.1 Å². The summed E-state index contributed by atoms with van der Waals surface area (Å²) < 4.78 is 0. The normalized spacial score (nSPS) is 15.6. The molecule has 1 amide bonds. The van der Waals surface area contributed by atoms with Crippen molar-refractivity contribution in [2.24, 2.45) is 5.73 Å². The molecule has 18 heavy (non-hydrogen) atoms. The largest absolute Gasteiger partial charge is 0.480 e. The molecule has 1 unspecified atom stereocenters. The Morgan fingerprint density at radius 1 is 1.44 bits per heavy atom. The Morgan fingerprint density at radius 2 is 2.22 bits per heavy atom. The van der Waals surface area contributed by atoms with Crippen LogP contribution in [-0.4, -0.2) is 28.8 Å². The predicted octanol–water partition coefficient (Wildman–Crippen LogP) is 1.08. The van der Waals surface area contributed by atoms with Gasteiger partial charge < -0.3 is 16.2 Å². The number of benzene rings is 1. The molecular weight excluding hydrogens is 252 g/mol. The number of carbonyl (C=O) groups excluding carboxylic acids is 1. The second-order valence-electron chi connectivity index (χ2n) is 4.08. The number of carbonyl (C=O) groups is 2. The minimum Gasteiger partial charge on any atom is -0.480 e. The van der Waals surface area contributed by atoms with Crippen molar-refractivity contribution < 1.29 is 14.7 Å². The van der Waals surface area contributed by atoms with Crippen LogP contribution in [0.3, 0.4) is 0 Å². The number of amides is 1. The molecule has 2 rings (SSSR count). The van der Waals surface area contributed by atoms with E-state index in [4.69, 9.17) is 10.8 Å². The minimum atomic E-state index is -1.53. The van der Waals surface area contributed by atoms with Gasteiger partial charge in [0.1, 0.15) is 0 Å². The zero-order valence-corrected chi connectivity index (χ0v) is 10.5. The molecule has 1 aromatic carbocycles. The van der Waals surface area contributed by atoms with Gasteiger partial charge >= 0.3 is 5.97 Å². The number of aryl methyl sites for hydroxylation is 1. The van der Waals surface area contributed by atoms with Crippen LogP contribution in [0.4, 0.5) is 5.69 Å². The molecule has 0 radical (unpaired) electrons. The zero-order valence-electron chi connectivity index (χ0n) is 9.68. The number of carboxylic acid groups (broad SMARTS) is 1. The summed E-state index contributed by atoms with van der Waals surface area (Å²) in [6.07, 6.45) is 2.10. The van der Waals surface area contributed by atoms with E-state index in [1.165, 1.54) is 10.5 Å². The third-order valence-corrected chi connectivity index (χ3v) is 3.93. The summed E-state index contributed by atoms with van der Waals surface area (Å²) in [5, 5.41) is 11.2. The molecule has 1 aromatic rings. The maximum atomic E-state index is 11.5. The Labute approximate surface area is 109 Å². The standard InChI is InChI=1S/C12H14N2O3S/c13-10(12(16)17)11(15)14-8-3-4-9-7(6-8)2-1-5-18-9/h3-4,6,10H,1-2,5,13H2,(H,14,15)(H,16,17). The van der Waals surface area contributed by atoms with Crippen LogP contribution in [0.15, 0.2) is 23.1 Å². The number of rotatable bonds is 3. The average molecular weight is 266 g/mol. The molecule has 0 saturated heterocycles. The summed E-state index contributed by atoms with van der Waals surface area (Å²) in [5.74, 6) is -0.922. The lowest BCUT2D eigenvalue weighted by molar-refractivity contribution is -0.141. The second-order valence-corrected chi connectivity index (χ2v) is 5.22. The van der Waals surface area contributed by atoms with Gasteiger partial charge in [-0.25, -0.2) is 4.79 Å². The highest BCUT2D eigenvalue weighted by Crippen LogP contribution is 2.31. The van der Waals surface area contributed by atoms with Gasteiger partial charge in [-0.1, -0.05) is 0 Å². The third kappa shape index (κ3) is 2.83. The van der Waals surface area contributed by atoms with Crippen molar-refractivity contribution in [3.63, 3.8) is 0 Å². The zero-order chi connectivity index (χ0) is 13.1. The first-order chi connectivity index (χ1) is 8.58. The van der Waals surface area contributed by atoms with E-state index in [1.807, 2.05) is 12.1 Å². The topological polar surface area (TPSA) is 92.4 Å². The van der Waals surface area contributed by atoms with E-state index in [-0.39, 0.29) is 0 Å². The van der Waals surface area contributed by atoms with Gasteiger partial charge in [0.25, 0.3) is 5.91 Å². The van der Waals surface area contributed by atoms with E-state index in [2.05, 4.69) is 5.32 Å². The molecule has 0 fully saturated rings. The SMILES string of the molecule is NC(C(=O)O)C(=O)Nc1ccc2c(c1)CCCS2. The van der Waals surface area contributed by atoms with Crippen molar-refractivity contribution in [1.82, 2.24) is 0 Å². The Morgan fingerprint density at radius 3 is 2.94 bits per heavy atom. The highest BCUT2D eigenvalue weighted by molar-refractivity contribution is 7.99. The Hall–Kier alpha value is -1.53. The van der Waals surface area contributed by atoms with Gasteiger partial charge in [0.05, 0.1) is 0 Å². The van der Waals surface area contributed by atoms with Crippen molar-refractivity contribution in [1.29, 1.82) is 0 Å². The van der Waals surface area contributed by atoms with Gasteiger partial charge in [-0.15, -0.1) is 11.8 Å². The fraction of sp³-hybridized carbons (Fsp3) is 0.333. The summed E-state index contributed by atoms with van der Waals surface area (Å²) in [4.78, 5) is 23.3. The van der Waals surface area contributed by atoms with Gasteiger partial charge in [0.2, 0.25) is 0 Å². The Balaban J connectivity index is 2.10. The maximum Gasteiger partial charge on any atom is 0.330 e. The van der Waals surface area contributed by atoms with Gasteiger partial charge in [0.15, 0.2) is 6.04 Å². The molecule has 0 aliphatic carbocycles. The van der Waals surface area contributed by atoms with E-state index in [9.17, 15) is 9.59 Å². The molecule has 0 bridgehead atoms. The van der Waals surface area contributed by atoms with Crippen LogP contribution in [0.5, 0.6) is 0 Å². The molecule has 1 heterocycles. The molecule has 1 aliphatic heterocycles. The number of nitrogens with one attached hydrogen (secondary N) is 1. The van der Waals surface area contributed by atoms with Gasteiger partial charge in [0, 0.05) is 10.6 Å². The van der Waals surface area contributed by atoms with Crippen LogP contribution in [0.25, 0.3) is 0 Å². The van der Waals surface area contributed by atoms with Crippen molar-refractivity contribution >= 4 is 29.3 Å². The first kappa shape index (κ1) is 12.9. The van der Waals surface area contributed by atoms with Crippen LogP contribution >= 0.6 is 11.8 Å². The summed E-state index contributed by atoms with van der Waals surface area (Å²) in [6.45, 7) is 0. The smallest absolute Gasteiger partial charge is 0.330 e. The number of nitrogens with two attached hydrogens (primary N) is 1. The number of fused-ring (bicyclic) bond motifs is 1. The number of hydrogen-bond donors (Lipinski definition) is 3. The highest BCUT2D eigenvalue weighted by atomic mass is 32.2. The van der Waals surface area contributed by atoms with Crippen LogP contribution in [0.1, 0.15) is 12.0 Å². The molecule has 4 N–H and O–H groups in total. The summed E-state index contributed by atoms with van der Waals surface area (Å²) >= 11 is 1.80. The number of carboxylic acids is 1. The lowest BCUT2D eigenvalue weighted by atomic mass is 10.1. The molecule has 0 spiro atoms. The van der Waals surface area contributed by atoms with E-state index in [0.29, 0.717) is 5.69 Å². The fourth-order valence-corrected chi connectivity index (χ4v) is 2.79. The van der Waals surface area contributed by atoms with Crippen LogP contribution in [0, 0.1) is 0 Å². The fourth-order valence-electron chi connectivity index (χ4n) is 1.77. The molecule has 6 heteroatoms. The number of thioether (sulfide) groups is 1. The first-order valence-corrected chi connectivity index (χ1v) is 6.61. The summed E-state index contributed by atoms with van der Waals surface area (Å²) in [6, 6.07) is 4.06. The number of hydrogen-bond acceptors (Lipinski definition) is 4. The lowest BCUT2D eigenvalue weighted by Gasteiger charge is -2.16. The first-order valence-electron chi connectivity index (χ1n) is 5.63. The summed E-state index contributed by atoms with van der Waals surface area (Å²) in [5.41, 5.74) is 7.01. The molecule has 0 aromatic heterocycles. The van der Waals surface area contributed by atoms with Crippen LogP contribution < -0.4 is 11.1 Å². The number of anilines is 1. The van der Waals surface area contributed by atoms with Crippen LogP contribution in [-0.2, 0) is 16.0 Å². The molecular formula is C12H14N2O3S. The van der Waals surface area contributed by atoms with Gasteiger partial charge in [-0.2, -0.15) is 0 Å². The summed E-state index contributed by atoms with van der Waals surface area (Å²) in [7, 11) is 0. The third-order valence-electron chi connectivity index (χ3n) is 2.72. The molecule has 1 aliphatic rings. The van der Waals surface area contributed by atoms with Crippen molar-refractivity contribution in [3.05, 3.63) is 23.8 Å².